The standard InChI is InChI=1S/C13H16F2N2O/c1-2-7-17(8-6-16)9-12(18)13-10(14)4-3-5-11(13)15/h3-5,12,18H,2,7-9H2,1H3. The summed E-state index contributed by atoms with van der Waals surface area (Å²) in [6.07, 6.45) is -0.472. The van der Waals surface area contributed by atoms with Gasteiger partial charge in [0.15, 0.2) is 0 Å². The van der Waals surface area contributed by atoms with Crippen LogP contribution in [-0.2, 0) is 0 Å². The molecule has 1 N–H and O–H groups in total. The van der Waals surface area contributed by atoms with Gasteiger partial charge in [0, 0.05) is 6.54 Å². The highest BCUT2D eigenvalue weighted by atomic mass is 19.1. The van der Waals surface area contributed by atoms with E-state index in [0.717, 1.165) is 18.6 Å². The third kappa shape index (κ3) is 3.76. The lowest BCUT2D eigenvalue weighted by Crippen LogP contribution is -2.30. The van der Waals surface area contributed by atoms with Crippen molar-refractivity contribution in [3.05, 3.63) is 35.4 Å². The molecule has 0 radical (unpaired) electrons. The van der Waals surface area contributed by atoms with E-state index in [4.69, 9.17) is 5.26 Å². The topological polar surface area (TPSA) is 47.3 Å². The Labute approximate surface area is 105 Å². The summed E-state index contributed by atoms with van der Waals surface area (Å²) in [6.45, 7) is 2.70. The van der Waals surface area contributed by atoms with E-state index in [-0.39, 0.29) is 18.7 Å². The predicted octanol–water partition coefficient (Wildman–Crippen LogP) is 2.23. The molecule has 0 amide bonds. The molecule has 0 fully saturated rings. The van der Waals surface area contributed by atoms with Crippen molar-refractivity contribution in [2.75, 3.05) is 19.6 Å². The van der Waals surface area contributed by atoms with Crippen LogP contribution in [0, 0.1) is 23.0 Å². The first-order valence-electron chi connectivity index (χ1n) is 5.81. The van der Waals surface area contributed by atoms with E-state index in [1.807, 2.05) is 13.0 Å². The van der Waals surface area contributed by atoms with Crippen molar-refractivity contribution in [1.82, 2.24) is 4.90 Å². The summed E-state index contributed by atoms with van der Waals surface area (Å²) in [5.41, 5.74) is -0.337. The first-order valence-corrected chi connectivity index (χ1v) is 5.81. The van der Waals surface area contributed by atoms with Crippen molar-refractivity contribution >= 4 is 0 Å². The molecular weight excluding hydrogens is 238 g/mol. The van der Waals surface area contributed by atoms with Crippen molar-refractivity contribution in [3.8, 4) is 6.07 Å². The summed E-state index contributed by atoms with van der Waals surface area (Å²) in [4.78, 5) is 1.66. The number of nitrogens with zero attached hydrogens (tertiary/aromatic N) is 2. The van der Waals surface area contributed by atoms with Gasteiger partial charge in [-0.2, -0.15) is 5.26 Å². The molecule has 3 nitrogen and oxygen atoms in total. The molecule has 0 aliphatic rings. The van der Waals surface area contributed by atoms with Crippen LogP contribution in [0.3, 0.4) is 0 Å². The van der Waals surface area contributed by atoms with Gasteiger partial charge in [-0.15, -0.1) is 0 Å². The Kier molecular flexibility index (Phi) is 5.69. The fourth-order valence-corrected chi connectivity index (χ4v) is 1.82. The van der Waals surface area contributed by atoms with Gasteiger partial charge in [-0.05, 0) is 25.1 Å². The number of nitriles is 1. The molecule has 0 aromatic heterocycles. The number of halogens is 2. The molecule has 1 rings (SSSR count). The quantitative estimate of drug-likeness (QED) is 0.792. The first-order chi connectivity index (χ1) is 8.60. The van der Waals surface area contributed by atoms with E-state index in [0.29, 0.717) is 6.54 Å². The number of hydrogen-bond acceptors (Lipinski definition) is 3. The highest BCUT2D eigenvalue weighted by molar-refractivity contribution is 5.22. The molecule has 5 heteroatoms. The van der Waals surface area contributed by atoms with Gasteiger partial charge >= 0.3 is 0 Å². The smallest absolute Gasteiger partial charge is 0.131 e. The number of hydrogen-bond donors (Lipinski definition) is 1. The van der Waals surface area contributed by atoms with Gasteiger partial charge in [0.25, 0.3) is 0 Å². The minimum absolute atomic E-state index is 0.0409. The zero-order valence-corrected chi connectivity index (χ0v) is 10.2. The average Bonchev–Trinajstić information content (AvgIpc) is 2.29. The Morgan fingerprint density at radius 3 is 2.50 bits per heavy atom. The Hall–Kier alpha value is -1.51. The molecular formula is C13H16F2N2O. The van der Waals surface area contributed by atoms with Gasteiger partial charge in [0.1, 0.15) is 11.6 Å². The molecule has 0 aliphatic carbocycles. The third-order valence-electron chi connectivity index (χ3n) is 2.60. The maximum absolute atomic E-state index is 13.4. The molecule has 0 spiro atoms. The minimum atomic E-state index is -1.27. The molecule has 1 aromatic rings. The van der Waals surface area contributed by atoms with Crippen LogP contribution in [0.15, 0.2) is 18.2 Å². The normalized spacial score (nSPS) is 12.4. The summed E-state index contributed by atoms with van der Waals surface area (Å²) in [7, 11) is 0. The second-order valence-corrected chi connectivity index (χ2v) is 4.04. The first kappa shape index (κ1) is 14.6. The van der Waals surface area contributed by atoms with Crippen LogP contribution < -0.4 is 0 Å². The number of aliphatic hydroxyl groups excluding tert-OH is 1. The monoisotopic (exact) mass is 254 g/mol. The molecule has 0 heterocycles. The van der Waals surface area contributed by atoms with E-state index in [1.54, 1.807) is 4.90 Å². The molecule has 1 aromatic carbocycles. The van der Waals surface area contributed by atoms with Crippen molar-refractivity contribution in [3.63, 3.8) is 0 Å². The largest absolute Gasteiger partial charge is 0.387 e. The third-order valence-corrected chi connectivity index (χ3v) is 2.60. The van der Waals surface area contributed by atoms with Crippen LogP contribution in [0.2, 0.25) is 0 Å². The van der Waals surface area contributed by atoms with Crippen LogP contribution in [0.4, 0.5) is 8.78 Å². The second-order valence-electron chi connectivity index (χ2n) is 4.04. The Bertz CT molecular complexity index is 411. The molecule has 0 bridgehead atoms. The molecule has 1 unspecified atom stereocenters. The van der Waals surface area contributed by atoms with Gasteiger partial charge in [0.05, 0.1) is 24.3 Å². The van der Waals surface area contributed by atoms with Crippen LogP contribution >= 0.6 is 0 Å². The zero-order valence-electron chi connectivity index (χ0n) is 10.2. The lowest BCUT2D eigenvalue weighted by molar-refractivity contribution is 0.113. The summed E-state index contributed by atoms with van der Waals surface area (Å²) in [5, 5.41) is 18.5. The Morgan fingerprint density at radius 1 is 1.39 bits per heavy atom. The fraction of sp³-hybridized carbons (Fsp3) is 0.462. The van der Waals surface area contributed by atoms with Gasteiger partial charge in [-0.3, -0.25) is 4.90 Å². The molecule has 1 atom stereocenters. The van der Waals surface area contributed by atoms with E-state index in [1.165, 1.54) is 6.07 Å². The van der Waals surface area contributed by atoms with Crippen molar-refractivity contribution < 1.29 is 13.9 Å². The highest BCUT2D eigenvalue weighted by Crippen LogP contribution is 2.21. The molecule has 0 aliphatic heterocycles. The van der Waals surface area contributed by atoms with E-state index >= 15 is 0 Å². The molecule has 0 saturated heterocycles. The summed E-state index contributed by atoms with van der Waals surface area (Å²) < 4.78 is 26.9. The van der Waals surface area contributed by atoms with Crippen molar-refractivity contribution in [2.24, 2.45) is 0 Å². The van der Waals surface area contributed by atoms with Gasteiger partial charge in [-0.25, -0.2) is 8.78 Å². The van der Waals surface area contributed by atoms with Crippen LogP contribution in [0.5, 0.6) is 0 Å². The predicted molar refractivity (Wildman–Crippen MR) is 63.7 cm³/mol. The summed E-state index contributed by atoms with van der Waals surface area (Å²) >= 11 is 0. The van der Waals surface area contributed by atoms with Gasteiger partial charge in [0.2, 0.25) is 0 Å². The minimum Gasteiger partial charge on any atom is -0.387 e. The van der Waals surface area contributed by atoms with E-state index in [9.17, 15) is 13.9 Å². The van der Waals surface area contributed by atoms with Crippen molar-refractivity contribution in [2.45, 2.75) is 19.4 Å². The van der Waals surface area contributed by atoms with Gasteiger partial charge in [-0.1, -0.05) is 13.0 Å². The van der Waals surface area contributed by atoms with Crippen LogP contribution in [-0.4, -0.2) is 29.6 Å². The van der Waals surface area contributed by atoms with Crippen molar-refractivity contribution in [1.29, 1.82) is 5.26 Å². The lowest BCUT2D eigenvalue weighted by Gasteiger charge is -2.22. The average molecular weight is 254 g/mol. The lowest BCUT2D eigenvalue weighted by atomic mass is 10.1. The molecule has 98 valence electrons. The van der Waals surface area contributed by atoms with Crippen LogP contribution in [0.1, 0.15) is 25.0 Å². The second kappa shape index (κ2) is 7.04. The number of benzene rings is 1. The summed E-state index contributed by atoms with van der Waals surface area (Å²) in [6, 6.07) is 5.43. The SMILES string of the molecule is CCCN(CC#N)CC(O)c1c(F)cccc1F. The maximum atomic E-state index is 13.4. The summed E-state index contributed by atoms with van der Waals surface area (Å²) in [5.74, 6) is -1.54. The van der Waals surface area contributed by atoms with E-state index < -0.39 is 17.7 Å². The molecule has 18 heavy (non-hydrogen) atoms. The van der Waals surface area contributed by atoms with Gasteiger partial charge < -0.3 is 5.11 Å². The Balaban J connectivity index is 2.80. The fourth-order valence-electron chi connectivity index (χ4n) is 1.82. The Morgan fingerprint density at radius 2 is 2.00 bits per heavy atom. The number of rotatable bonds is 6. The maximum Gasteiger partial charge on any atom is 0.131 e. The van der Waals surface area contributed by atoms with E-state index in [2.05, 4.69) is 0 Å². The molecule has 0 saturated carbocycles. The number of aliphatic hydroxyl groups is 1. The highest BCUT2D eigenvalue weighted by Gasteiger charge is 2.20. The van der Waals surface area contributed by atoms with Crippen LogP contribution in [0.25, 0.3) is 0 Å². The zero-order chi connectivity index (χ0) is 13.5.